The number of likely N-dealkylation sites (tertiary alicyclic amines) is 2. The number of aromatic nitrogens is 2. The molecule has 208 valence electrons. The molecule has 0 unspecified atom stereocenters. The molecule has 1 N–H and O–H groups in total. The smallest absolute Gasteiger partial charge is 0.272 e. The normalized spacial score (nSPS) is 19.9. The van der Waals surface area contributed by atoms with Gasteiger partial charge >= 0.3 is 0 Å². The van der Waals surface area contributed by atoms with Crippen LogP contribution in [0.4, 0.5) is 14.7 Å². The first-order valence-electron chi connectivity index (χ1n) is 13.1. The number of carbonyl (C=O) groups excluding carboxylic acids is 2. The Morgan fingerprint density at radius 2 is 2.08 bits per heavy atom. The highest BCUT2D eigenvalue weighted by atomic mass is 32.1. The number of nitrogens with zero attached hydrogens (tertiary/aromatic N) is 5. The summed E-state index contributed by atoms with van der Waals surface area (Å²) in [6.07, 6.45) is -1.15. The second-order valence-corrected chi connectivity index (χ2v) is 12.0. The fourth-order valence-corrected chi connectivity index (χ4v) is 6.64. The van der Waals surface area contributed by atoms with Crippen molar-refractivity contribution in [1.29, 1.82) is 5.26 Å². The Morgan fingerprint density at radius 1 is 1.27 bits per heavy atom. The molecule has 0 bridgehead atoms. The maximum atomic E-state index is 13.1. The summed E-state index contributed by atoms with van der Waals surface area (Å²) in [6, 6.07) is 10.2. The molecule has 3 aliphatic heterocycles. The van der Waals surface area contributed by atoms with Crippen LogP contribution in [0.15, 0.2) is 42.5 Å². The molecule has 1 spiro atoms. The number of anilines is 1. The van der Waals surface area contributed by atoms with Crippen molar-refractivity contribution >= 4 is 40.1 Å². The molecule has 40 heavy (non-hydrogen) atoms. The first kappa shape index (κ1) is 26.6. The highest BCUT2D eigenvalue weighted by molar-refractivity contribution is 7.14. The lowest BCUT2D eigenvalue weighted by molar-refractivity contribution is -0.191. The number of alkyl halides is 2. The number of amides is 2. The molecule has 0 aliphatic carbocycles. The summed E-state index contributed by atoms with van der Waals surface area (Å²) < 4.78 is 33.4. The number of thiophene rings is 1. The summed E-state index contributed by atoms with van der Waals surface area (Å²) >= 11 is 0.742. The van der Waals surface area contributed by atoms with Gasteiger partial charge in [-0.2, -0.15) is 5.26 Å². The van der Waals surface area contributed by atoms with E-state index in [0.29, 0.717) is 24.0 Å². The highest BCUT2D eigenvalue weighted by Gasteiger charge is 2.48. The molecule has 0 saturated carbocycles. The second-order valence-electron chi connectivity index (χ2n) is 10.8. The summed E-state index contributed by atoms with van der Waals surface area (Å²) in [6.45, 7) is 8.85. The van der Waals surface area contributed by atoms with Crippen LogP contribution in [0.3, 0.4) is 0 Å². The first-order chi connectivity index (χ1) is 19.2. The Morgan fingerprint density at radius 3 is 2.75 bits per heavy atom. The molecule has 1 aromatic carbocycles. The topological polar surface area (TPSA) is 103 Å². The Labute approximate surface area is 233 Å². The van der Waals surface area contributed by atoms with Crippen LogP contribution in [0.2, 0.25) is 0 Å². The summed E-state index contributed by atoms with van der Waals surface area (Å²) in [5, 5.41) is 12.0. The van der Waals surface area contributed by atoms with Crippen molar-refractivity contribution in [2.75, 3.05) is 38.2 Å². The lowest BCUT2D eigenvalue weighted by Gasteiger charge is -2.55. The third kappa shape index (κ3) is 4.89. The molecule has 3 fully saturated rings. The highest BCUT2D eigenvalue weighted by Crippen LogP contribution is 2.38. The largest absolute Gasteiger partial charge is 0.380 e. The zero-order chi connectivity index (χ0) is 28.0. The van der Waals surface area contributed by atoms with Gasteiger partial charge in [0.25, 0.3) is 18.2 Å². The van der Waals surface area contributed by atoms with E-state index < -0.39 is 18.2 Å². The van der Waals surface area contributed by atoms with Crippen LogP contribution in [0.25, 0.3) is 11.0 Å². The molecule has 3 saturated heterocycles. The fraction of sp³-hybridized carbons (Fsp3) is 0.429. The van der Waals surface area contributed by atoms with Gasteiger partial charge in [-0.15, -0.1) is 11.3 Å². The van der Waals surface area contributed by atoms with Crippen molar-refractivity contribution < 1.29 is 23.1 Å². The van der Waals surface area contributed by atoms with E-state index in [1.807, 2.05) is 28.8 Å². The van der Waals surface area contributed by atoms with Gasteiger partial charge in [0.2, 0.25) is 5.95 Å². The number of rotatable bonds is 8. The summed E-state index contributed by atoms with van der Waals surface area (Å²) in [5.41, 5.74) is 2.76. The molecule has 9 nitrogen and oxygen atoms in total. The lowest BCUT2D eigenvalue weighted by atomic mass is 9.78. The zero-order valence-electron chi connectivity index (χ0n) is 21.7. The number of nitriles is 1. The van der Waals surface area contributed by atoms with Crippen LogP contribution in [-0.4, -0.2) is 70.1 Å². The van der Waals surface area contributed by atoms with E-state index in [1.54, 1.807) is 4.90 Å². The maximum absolute atomic E-state index is 13.1. The number of hydrogen-bond acceptors (Lipinski definition) is 7. The number of benzene rings is 1. The van der Waals surface area contributed by atoms with Crippen LogP contribution in [0.5, 0.6) is 0 Å². The first-order valence-corrected chi connectivity index (χ1v) is 14.0. The van der Waals surface area contributed by atoms with Crippen molar-refractivity contribution in [3.8, 4) is 6.07 Å². The average Bonchev–Trinajstić information content (AvgIpc) is 3.63. The number of imidazole rings is 1. The molecule has 3 aromatic rings. The van der Waals surface area contributed by atoms with E-state index in [1.165, 1.54) is 12.1 Å². The van der Waals surface area contributed by atoms with E-state index in [9.17, 15) is 23.6 Å². The van der Waals surface area contributed by atoms with E-state index in [4.69, 9.17) is 9.72 Å². The van der Waals surface area contributed by atoms with Gasteiger partial charge in [-0.1, -0.05) is 12.6 Å². The average molecular weight is 567 g/mol. The minimum Gasteiger partial charge on any atom is -0.380 e. The second kappa shape index (κ2) is 10.4. The standard InChI is InChI=1S/C28H28F2N6O3S/c1-17(10-31)26(38)35-8-2-3-19(35)12-36-21-5-4-18(11-34-13-28(14-34)15-39-16-28)9-20(21)32-27(36)33-25(37)23-7-6-22(40-23)24(29)30/h4-7,9,19,24H,1-3,8,11-16H2,(H,32,33,37)/t19-/m1/s1. The van der Waals surface area contributed by atoms with E-state index in [2.05, 4.69) is 16.8 Å². The number of fused-ring (bicyclic) bond motifs is 1. The van der Waals surface area contributed by atoms with Crippen molar-refractivity contribution in [3.05, 3.63) is 57.8 Å². The Kier molecular flexibility index (Phi) is 6.90. The Hall–Kier alpha value is -3.66. The van der Waals surface area contributed by atoms with Gasteiger partial charge in [-0.3, -0.25) is 19.8 Å². The van der Waals surface area contributed by atoms with Gasteiger partial charge < -0.3 is 14.2 Å². The van der Waals surface area contributed by atoms with Gasteiger partial charge in [-0.25, -0.2) is 13.8 Å². The monoisotopic (exact) mass is 566 g/mol. The van der Waals surface area contributed by atoms with Gasteiger partial charge in [0.1, 0.15) is 11.6 Å². The van der Waals surface area contributed by atoms with Gasteiger partial charge in [-0.05, 0) is 42.7 Å². The van der Waals surface area contributed by atoms with Crippen LogP contribution in [0, 0.1) is 16.7 Å². The third-order valence-corrected chi connectivity index (χ3v) is 8.96. The van der Waals surface area contributed by atoms with Crippen LogP contribution < -0.4 is 5.32 Å². The minimum absolute atomic E-state index is 0.116. The Bertz CT molecular complexity index is 1530. The van der Waals surface area contributed by atoms with Gasteiger partial charge in [0, 0.05) is 38.1 Å². The molecule has 6 rings (SSSR count). The molecular weight excluding hydrogens is 538 g/mol. The van der Waals surface area contributed by atoms with E-state index >= 15 is 0 Å². The van der Waals surface area contributed by atoms with Crippen LogP contribution in [-0.2, 0) is 22.6 Å². The molecule has 2 aromatic heterocycles. The summed E-state index contributed by atoms with van der Waals surface area (Å²) in [5.74, 6) is -0.652. The molecule has 1 atom stereocenters. The molecule has 2 amide bonds. The molecule has 12 heteroatoms. The number of halogens is 2. The van der Waals surface area contributed by atoms with Crippen LogP contribution in [0.1, 0.15) is 39.4 Å². The molecule has 0 radical (unpaired) electrons. The predicted molar refractivity (Wildman–Crippen MR) is 145 cm³/mol. The SMILES string of the molecule is C=C(C#N)C(=O)N1CCC[C@@H]1Cn1c(NC(=O)c2ccc(C(F)F)s2)nc2cc(CN3CC4(COC4)C3)ccc21. The summed E-state index contributed by atoms with van der Waals surface area (Å²) in [7, 11) is 0. The van der Waals surface area contributed by atoms with Crippen molar-refractivity contribution in [2.24, 2.45) is 5.41 Å². The predicted octanol–water partition coefficient (Wildman–Crippen LogP) is 4.19. The van der Waals surface area contributed by atoms with Gasteiger partial charge in [0.15, 0.2) is 0 Å². The third-order valence-electron chi connectivity index (χ3n) is 7.87. The van der Waals surface area contributed by atoms with Crippen LogP contribution >= 0.6 is 11.3 Å². The lowest BCUT2D eigenvalue weighted by Crippen LogP contribution is -2.65. The molecule has 5 heterocycles. The summed E-state index contributed by atoms with van der Waals surface area (Å²) in [4.78, 5) is 34.5. The number of ether oxygens (including phenoxy) is 1. The minimum atomic E-state index is -2.65. The Balaban J connectivity index is 1.28. The van der Waals surface area contributed by atoms with Gasteiger partial charge in [0.05, 0.1) is 40.0 Å². The van der Waals surface area contributed by atoms with Crippen molar-refractivity contribution in [1.82, 2.24) is 19.4 Å². The zero-order valence-corrected chi connectivity index (χ0v) is 22.6. The number of hydrogen-bond donors (Lipinski definition) is 1. The van der Waals surface area contributed by atoms with E-state index in [0.717, 1.165) is 68.1 Å². The number of nitrogens with one attached hydrogen (secondary N) is 1. The fourth-order valence-electron chi connectivity index (χ4n) is 5.88. The molecular formula is C28H28F2N6O3S. The van der Waals surface area contributed by atoms with Crippen molar-refractivity contribution in [2.45, 2.75) is 38.4 Å². The maximum Gasteiger partial charge on any atom is 0.272 e. The molecule has 3 aliphatic rings. The van der Waals surface area contributed by atoms with Crippen molar-refractivity contribution in [3.63, 3.8) is 0 Å². The quantitative estimate of drug-likeness (QED) is 0.324. The van der Waals surface area contributed by atoms with E-state index in [-0.39, 0.29) is 27.3 Å². The number of carbonyl (C=O) groups is 2.